The van der Waals surface area contributed by atoms with Gasteiger partial charge in [-0.25, -0.2) is 24.9 Å². The van der Waals surface area contributed by atoms with Crippen molar-refractivity contribution in [3.63, 3.8) is 0 Å². The fourth-order valence-corrected chi connectivity index (χ4v) is 8.24. The maximum atomic E-state index is 6.83. The van der Waals surface area contributed by atoms with Crippen LogP contribution in [0.1, 0.15) is 12.7 Å². The molecule has 63 heavy (non-hydrogen) atoms. The van der Waals surface area contributed by atoms with E-state index in [1.165, 1.54) is 0 Å². The van der Waals surface area contributed by atoms with E-state index >= 15 is 0 Å². The van der Waals surface area contributed by atoms with Gasteiger partial charge in [-0.2, -0.15) is 0 Å². The Morgan fingerprint density at radius 3 is 1.81 bits per heavy atom. The second-order valence-electron chi connectivity index (χ2n) is 15.2. The molecule has 7 nitrogen and oxygen atoms in total. The second kappa shape index (κ2) is 15.8. The molecule has 0 aliphatic rings. The van der Waals surface area contributed by atoms with Crippen molar-refractivity contribution < 1.29 is 8.83 Å². The number of aromatic nitrogens is 5. The third-order valence-corrected chi connectivity index (χ3v) is 11.3. The zero-order valence-electron chi connectivity index (χ0n) is 34.2. The van der Waals surface area contributed by atoms with E-state index in [1.54, 1.807) is 6.08 Å². The third-order valence-electron chi connectivity index (χ3n) is 11.3. The van der Waals surface area contributed by atoms with Crippen molar-refractivity contribution in [2.24, 2.45) is 0 Å². The minimum absolute atomic E-state index is 0.540. The van der Waals surface area contributed by atoms with Gasteiger partial charge in [-0.15, -0.1) is 0 Å². The Hall–Kier alpha value is -8.55. The van der Waals surface area contributed by atoms with Gasteiger partial charge < -0.3 is 8.83 Å². The molecule has 7 heteroatoms. The first kappa shape index (κ1) is 37.4. The van der Waals surface area contributed by atoms with E-state index in [-0.39, 0.29) is 0 Å². The summed E-state index contributed by atoms with van der Waals surface area (Å²) in [4.78, 5) is 24.9. The zero-order chi connectivity index (χ0) is 42.3. The number of allylic oxidation sites excluding steroid dienone is 5. The highest BCUT2D eigenvalue weighted by Gasteiger charge is 2.21. The van der Waals surface area contributed by atoms with E-state index in [4.69, 9.17) is 33.8 Å². The lowest BCUT2D eigenvalue weighted by Crippen LogP contribution is -2.02. The summed E-state index contributed by atoms with van der Waals surface area (Å²) in [6, 6.07) is 57.4. The summed E-state index contributed by atoms with van der Waals surface area (Å²) in [5, 5.41) is 2.95. The summed E-state index contributed by atoms with van der Waals surface area (Å²) in [5.74, 6) is 2.31. The average Bonchev–Trinajstić information content (AvgIpc) is 3.93. The fourth-order valence-electron chi connectivity index (χ4n) is 8.24. The minimum Gasteiger partial charge on any atom is -0.456 e. The normalized spacial score (nSPS) is 12.0. The van der Waals surface area contributed by atoms with Gasteiger partial charge in [0.15, 0.2) is 28.9 Å². The Morgan fingerprint density at radius 1 is 0.476 bits per heavy atom. The lowest BCUT2D eigenvalue weighted by atomic mass is 9.95. The molecule has 4 heterocycles. The van der Waals surface area contributed by atoms with Crippen LogP contribution in [-0.4, -0.2) is 24.9 Å². The van der Waals surface area contributed by atoms with Crippen LogP contribution >= 0.6 is 0 Å². The van der Waals surface area contributed by atoms with Gasteiger partial charge in [0.25, 0.3) is 0 Å². The molecule has 11 aromatic rings. The summed E-state index contributed by atoms with van der Waals surface area (Å²) >= 11 is 0. The Labute approximate surface area is 363 Å². The van der Waals surface area contributed by atoms with Crippen LogP contribution in [0.4, 0.5) is 0 Å². The molecule has 0 fully saturated rings. The van der Waals surface area contributed by atoms with E-state index in [1.807, 2.05) is 122 Å². The van der Waals surface area contributed by atoms with Crippen LogP contribution in [0.3, 0.4) is 0 Å². The third kappa shape index (κ3) is 6.78. The predicted molar refractivity (Wildman–Crippen MR) is 256 cm³/mol. The monoisotopic (exact) mass is 811 g/mol. The summed E-state index contributed by atoms with van der Waals surface area (Å²) in [5.41, 5.74) is 13.0. The van der Waals surface area contributed by atoms with Crippen LogP contribution in [0.15, 0.2) is 210 Å². The zero-order valence-corrected chi connectivity index (χ0v) is 34.2. The summed E-state index contributed by atoms with van der Waals surface area (Å²) in [6.45, 7) is 6.01. The number of rotatable bonds is 9. The number of para-hydroxylation sites is 1. The number of furan rings is 2. The molecule has 11 rings (SSSR count). The highest BCUT2D eigenvalue weighted by atomic mass is 16.3. The Bertz CT molecular complexity index is 3590. The molecular formula is C56H37N5O2. The van der Waals surface area contributed by atoms with E-state index in [0.717, 1.165) is 94.2 Å². The standard InChI is InChI=1S/C56H37N5O2/c1-3-5-18-35(4-2)53-59-55(38-23-13-8-14-24-38)61-56(60-53)41-31-32-44-47(34-41)62-46-30-17-27-42(48(44)46)39-25-15-26-40(33-39)43-28-16-29-45-50-52(63-51(43)45)49(36-19-9-6-10-20-36)57-54(58-50)37-21-11-7-12-22-37/h3-34H,2H2,1H3/b5-3-,35-18+. The number of fused-ring (bicyclic) bond motifs is 6. The number of hydrogen-bond acceptors (Lipinski definition) is 7. The van der Waals surface area contributed by atoms with E-state index in [9.17, 15) is 0 Å². The molecule has 0 saturated heterocycles. The molecule has 0 amide bonds. The molecule has 0 aliphatic carbocycles. The molecule has 0 unspecified atom stereocenters. The van der Waals surface area contributed by atoms with Crippen molar-refractivity contribution >= 4 is 49.6 Å². The Morgan fingerprint density at radius 2 is 1.10 bits per heavy atom. The molecule has 0 bridgehead atoms. The van der Waals surface area contributed by atoms with Gasteiger partial charge in [0.05, 0.1) is 0 Å². The molecule has 4 aromatic heterocycles. The Kier molecular flexibility index (Phi) is 9.40. The van der Waals surface area contributed by atoms with Gasteiger partial charge in [0.1, 0.15) is 28.0 Å². The average molecular weight is 812 g/mol. The molecule has 298 valence electrons. The highest BCUT2D eigenvalue weighted by molar-refractivity contribution is 6.14. The molecule has 0 saturated carbocycles. The first-order valence-corrected chi connectivity index (χ1v) is 20.8. The van der Waals surface area contributed by atoms with Gasteiger partial charge in [0.2, 0.25) is 0 Å². The SMILES string of the molecule is C=C/C(=C\C=C/C)c1nc(-c2ccccc2)nc(-c2ccc3c(c2)oc2cccc(-c4cccc(-c5cccc6c5oc5c(-c7ccccc7)nc(-c7ccccc7)nc56)c4)c23)n1. The van der Waals surface area contributed by atoms with Crippen LogP contribution < -0.4 is 0 Å². The maximum absolute atomic E-state index is 6.83. The van der Waals surface area contributed by atoms with Gasteiger partial charge in [0, 0.05) is 49.5 Å². The smallest absolute Gasteiger partial charge is 0.180 e. The van der Waals surface area contributed by atoms with Gasteiger partial charge in [-0.3, -0.25) is 0 Å². The second-order valence-corrected chi connectivity index (χ2v) is 15.2. The number of nitrogens with zero attached hydrogens (tertiary/aromatic N) is 5. The molecular weight excluding hydrogens is 775 g/mol. The topological polar surface area (TPSA) is 90.7 Å². The van der Waals surface area contributed by atoms with Crippen molar-refractivity contribution in [2.75, 3.05) is 0 Å². The molecule has 7 aromatic carbocycles. The van der Waals surface area contributed by atoms with Crippen molar-refractivity contribution in [2.45, 2.75) is 6.92 Å². The molecule has 0 atom stereocenters. The first-order chi connectivity index (χ1) is 31.1. The quantitative estimate of drug-likeness (QED) is 0.134. The van der Waals surface area contributed by atoms with Gasteiger partial charge in [-0.05, 0) is 53.9 Å². The van der Waals surface area contributed by atoms with Crippen LogP contribution in [0.2, 0.25) is 0 Å². The largest absolute Gasteiger partial charge is 0.456 e. The van der Waals surface area contributed by atoms with E-state index < -0.39 is 0 Å². The van der Waals surface area contributed by atoms with Crippen molar-refractivity contribution in [1.82, 2.24) is 24.9 Å². The summed E-state index contributed by atoms with van der Waals surface area (Å²) in [7, 11) is 0. The van der Waals surface area contributed by atoms with E-state index in [2.05, 4.69) is 79.4 Å². The van der Waals surface area contributed by atoms with Crippen molar-refractivity contribution in [3.05, 3.63) is 207 Å². The molecule has 0 N–H and O–H groups in total. The van der Waals surface area contributed by atoms with Crippen molar-refractivity contribution in [3.8, 4) is 67.7 Å². The fraction of sp³-hybridized carbons (Fsp3) is 0.0179. The highest BCUT2D eigenvalue weighted by Crippen LogP contribution is 2.42. The lowest BCUT2D eigenvalue weighted by molar-refractivity contribution is 0.668. The van der Waals surface area contributed by atoms with Crippen molar-refractivity contribution in [1.29, 1.82) is 0 Å². The Balaban J connectivity index is 1.02. The lowest BCUT2D eigenvalue weighted by Gasteiger charge is -2.09. The molecule has 0 radical (unpaired) electrons. The minimum atomic E-state index is 0.540. The van der Waals surface area contributed by atoms with Gasteiger partial charge >= 0.3 is 0 Å². The van der Waals surface area contributed by atoms with Crippen LogP contribution in [0.25, 0.3) is 117 Å². The van der Waals surface area contributed by atoms with Crippen LogP contribution in [0, 0.1) is 0 Å². The number of benzene rings is 7. The summed E-state index contributed by atoms with van der Waals surface area (Å²) in [6.07, 6.45) is 7.63. The van der Waals surface area contributed by atoms with Crippen LogP contribution in [-0.2, 0) is 0 Å². The first-order valence-electron chi connectivity index (χ1n) is 20.8. The van der Waals surface area contributed by atoms with Gasteiger partial charge in [-0.1, -0.05) is 170 Å². The van der Waals surface area contributed by atoms with E-state index in [0.29, 0.717) is 28.9 Å². The maximum Gasteiger partial charge on any atom is 0.180 e. The molecule has 0 aliphatic heterocycles. The number of hydrogen-bond donors (Lipinski definition) is 0. The summed E-state index contributed by atoms with van der Waals surface area (Å²) < 4.78 is 13.4. The predicted octanol–water partition coefficient (Wildman–Crippen LogP) is 14.6. The molecule has 0 spiro atoms. The van der Waals surface area contributed by atoms with Crippen LogP contribution in [0.5, 0.6) is 0 Å².